The molecule has 0 spiro atoms. The third kappa shape index (κ3) is 17.5. The summed E-state index contributed by atoms with van der Waals surface area (Å²) in [6.45, 7) is 8.17. The number of carboxylic acids is 1. The summed E-state index contributed by atoms with van der Waals surface area (Å²) in [6.07, 6.45) is 0.465. The lowest BCUT2D eigenvalue weighted by atomic mass is 9.83. The Bertz CT molecular complexity index is 2880. The molecule has 2 fully saturated rings. The van der Waals surface area contributed by atoms with Crippen molar-refractivity contribution in [3.05, 3.63) is 82.5 Å². The lowest BCUT2D eigenvalue weighted by Crippen LogP contribution is -2.63. The number of nitrogens with one attached hydrogen (secondary N) is 4. The van der Waals surface area contributed by atoms with Gasteiger partial charge in [0.05, 0.1) is 64.7 Å². The number of aliphatic hydroxyl groups is 1. The third-order valence-electron chi connectivity index (χ3n) is 15.7. The second-order valence-corrected chi connectivity index (χ2v) is 22.1. The van der Waals surface area contributed by atoms with Gasteiger partial charge in [-0.3, -0.25) is 34.7 Å². The van der Waals surface area contributed by atoms with E-state index >= 15 is 0 Å². The number of hydrazine groups is 1. The number of hydrogen-bond donors (Lipinski definition) is 6. The molecule has 1 unspecified atom stereocenters. The summed E-state index contributed by atoms with van der Waals surface area (Å²) >= 11 is 6.82. The standard InChI is InChI=1S/C59H83ClN8O16/c1-36-15-13-19-47(79-10)59(77)34-46(82-57(76)64-59)37(2)54-58(4,84-54)48(33-51(71)67(8)44-30-39(29-36)31-45(78-9)53(44)60)83-56(75)38(3)66(7)50(70)22-25-80-27-28-81-26-23-62-55(74)42(17-14-20-52(72)73)63-49(69)21-24-68-41(35-65(6)61-5)32-40-16-11-12-18-43(40)68/h11-13,15-16,18-19,30-32,37-38,42,46-48,54,61,77H,14,17,20-29,33-35H2,1-10H3,(H,62,74)(H,63,69)(H,64,76)(H,72,73)/b19-13+,36-15+/t37-,38+,42+,46+,47-,48+,54?,58+,59+/m1/s1. The normalized spacial score (nSPS) is 24.4. The van der Waals surface area contributed by atoms with Crippen LogP contribution < -0.4 is 31.0 Å². The maximum absolute atomic E-state index is 14.4. The number of ether oxygens (including phenoxy) is 7. The molecule has 9 atom stereocenters. The van der Waals surface area contributed by atoms with E-state index in [1.165, 1.54) is 38.0 Å². The van der Waals surface area contributed by atoms with Crippen LogP contribution in [0.2, 0.25) is 5.02 Å². The fraction of sp³-hybridized carbons (Fsp3) is 0.576. The van der Waals surface area contributed by atoms with Crippen LogP contribution in [0.15, 0.2) is 66.3 Å². The topological polar surface area (TPSA) is 291 Å². The van der Waals surface area contributed by atoms with Crippen LogP contribution in [0.3, 0.4) is 0 Å². The minimum atomic E-state index is -1.88. The quantitative estimate of drug-likeness (QED) is 0.0281. The molecule has 2 saturated heterocycles. The second-order valence-electron chi connectivity index (χ2n) is 21.8. The zero-order chi connectivity index (χ0) is 61.5. The Kier molecular flexibility index (Phi) is 24.1. The number of carbonyl (C=O) groups excluding carboxylic acids is 6. The zero-order valence-corrected chi connectivity index (χ0v) is 50.5. The van der Waals surface area contributed by atoms with Crippen molar-refractivity contribution in [2.24, 2.45) is 5.92 Å². The van der Waals surface area contributed by atoms with E-state index in [4.69, 9.17) is 44.8 Å². The maximum atomic E-state index is 14.4. The predicted molar refractivity (Wildman–Crippen MR) is 311 cm³/mol. The van der Waals surface area contributed by atoms with Crippen LogP contribution in [0.1, 0.15) is 83.9 Å². The van der Waals surface area contributed by atoms with E-state index in [1.54, 1.807) is 45.2 Å². The van der Waals surface area contributed by atoms with Gasteiger partial charge in [0.1, 0.15) is 46.8 Å². The van der Waals surface area contributed by atoms with Gasteiger partial charge in [-0.2, -0.15) is 0 Å². The average Bonchev–Trinajstić information content (AvgIpc) is 2.29. The highest BCUT2D eigenvalue weighted by atomic mass is 35.5. The third-order valence-corrected chi connectivity index (χ3v) is 16.1. The molecule has 5 amide bonds. The van der Waals surface area contributed by atoms with Crippen molar-refractivity contribution in [1.82, 2.24) is 35.9 Å². The van der Waals surface area contributed by atoms with E-state index in [9.17, 15) is 43.8 Å². The molecule has 0 aliphatic carbocycles. The second kappa shape index (κ2) is 30.4. The molecule has 2 aromatic carbocycles. The average molecular weight is 1200 g/mol. The summed E-state index contributed by atoms with van der Waals surface area (Å²) in [7, 11) is 9.60. The number of nitrogens with zero attached hydrogens (tertiary/aromatic N) is 4. The first-order chi connectivity index (χ1) is 39.9. The number of benzene rings is 2. The summed E-state index contributed by atoms with van der Waals surface area (Å²) in [5, 5.41) is 32.3. The highest BCUT2D eigenvalue weighted by molar-refractivity contribution is 6.35. The fourth-order valence-corrected chi connectivity index (χ4v) is 10.7. The summed E-state index contributed by atoms with van der Waals surface area (Å²) in [5.74, 6) is -3.87. The fourth-order valence-electron chi connectivity index (χ4n) is 10.4. The number of esters is 1. The first-order valence-corrected chi connectivity index (χ1v) is 28.6. The van der Waals surface area contributed by atoms with E-state index < -0.39 is 89.5 Å². The van der Waals surface area contributed by atoms with Crippen molar-refractivity contribution >= 4 is 69.9 Å². The molecule has 6 rings (SSSR count). The van der Waals surface area contributed by atoms with Gasteiger partial charge < -0.3 is 68.4 Å². The first kappa shape index (κ1) is 66.5. The van der Waals surface area contributed by atoms with Crippen LogP contribution in [-0.4, -0.2) is 190 Å². The molecule has 24 nitrogen and oxygen atoms in total. The molecule has 462 valence electrons. The molecule has 1 aromatic heterocycles. The number of hydrogen-bond acceptors (Lipinski definition) is 17. The van der Waals surface area contributed by atoms with Crippen LogP contribution >= 0.6 is 11.6 Å². The van der Waals surface area contributed by atoms with Crippen molar-refractivity contribution in [3.63, 3.8) is 0 Å². The van der Waals surface area contributed by atoms with Crippen molar-refractivity contribution in [1.29, 1.82) is 0 Å². The van der Waals surface area contributed by atoms with Crippen LogP contribution in [0, 0.1) is 5.92 Å². The Morgan fingerprint density at radius 2 is 1.74 bits per heavy atom. The summed E-state index contributed by atoms with van der Waals surface area (Å²) in [6, 6.07) is 11.4. The monoisotopic (exact) mass is 1190 g/mol. The minimum absolute atomic E-state index is 0.0191. The van der Waals surface area contributed by atoms with Crippen LogP contribution in [0.4, 0.5) is 10.5 Å². The Morgan fingerprint density at radius 1 is 1.01 bits per heavy atom. The molecule has 0 radical (unpaired) electrons. The molecule has 3 aliphatic heterocycles. The minimum Gasteiger partial charge on any atom is -0.495 e. The van der Waals surface area contributed by atoms with Gasteiger partial charge in [0.2, 0.25) is 23.6 Å². The van der Waals surface area contributed by atoms with E-state index in [0.29, 0.717) is 30.9 Å². The number of aliphatic carboxylic acids is 1. The van der Waals surface area contributed by atoms with Gasteiger partial charge in [0.25, 0.3) is 0 Å². The van der Waals surface area contributed by atoms with E-state index in [-0.39, 0.29) is 88.8 Å². The van der Waals surface area contributed by atoms with Gasteiger partial charge in [-0.15, -0.1) is 0 Å². The number of methoxy groups -OCH3 is 2. The molecule has 4 heterocycles. The van der Waals surface area contributed by atoms with E-state index in [1.807, 2.05) is 56.4 Å². The molecule has 3 aromatic rings. The molecular formula is C59H83ClN8O16. The maximum Gasteiger partial charge on any atom is 0.409 e. The number of halogens is 1. The summed E-state index contributed by atoms with van der Waals surface area (Å²) in [4.78, 5) is 95.4. The molecule has 0 saturated carbocycles. The molecule has 3 aliphatic rings. The van der Waals surface area contributed by atoms with Gasteiger partial charge in [-0.25, -0.2) is 14.6 Å². The summed E-state index contributed by atoms with van der Waals surface area (Å²) < 4.78 is 42.8. The lowest BCUT2D eigenvalue weighted by Gasteiger charge is -2.42. The Balaban J connectivity index is 1.00. The summed E-state index contributed by atoms with van der Waals surface area (Å²) in [5.41, 5.74) is 3.87. The molecule has 25 heteroatoms. The van der Waals surface area contributed by atoms with Crippen LogP contribution in [-0.2, 0) is 76.7 Å². The molecule has 6 N–H and O–H groups in total. The number of alkyl carbamates (subject to hydrolysis) is 1. The van der Waals surface area contributed by atoms with Crippen molar-refractivity contribution in [3.8, 4) is 5.75 Å². The Morgan fingerprint density at radius 3 is 2.44 bits per heavy atom. The van der Waals surface area contributed by atoms with Crippen LogP contribution in [0.5, 0.6) is 5.75 Å². The molecule has 84 heavy (non-hydrogen) atoms. The van der Waals surface area contributed by atoms with Crippen molar-refractivity contribution in [2.75, 3.05) is 80.3 Å². The van der Waals surface area contributed by atoms with Gasteiger partial charge in [-0.05, 0) is 82.3 Å². The number of anilines is 1. The largest absolute Gasteiger partial charge is 0.495 e. The Hall–Kier alpha value is -6.64. The predicted octanol–water partition coefficient (Wildman–Crippen LogP) is 4.40. The number of amides is 5. The number of para-hydroxylation sites is 1. The number of carboxylic acid groups (broad SMARTS) is 1. The van der Waals surface area contributed by atoms with Crippen molar-refractivity contribution < 1.29 is 76.9 Å². The number of carbonyl (C=O) groups is 7. The number of rotatable bonds is 26. The number of likely N-dealkylation sites (N-methyl/N-ethyl adjacent to an activating group) is 1. The SMILES string of the molecule is CNN(C)Cc1cc2ccccc2n1CCC(=O)N[C@@H](CCCC(=O)O)C(=O)NCCOCCOCCC(=O)N(C)[C@@H](C)C(=O)O[C@H]1CC(=O)N(C)c2cc(cc(OC)c2Cl)C/C(C)=C/C=C/[C@@H](OC)[C@@]2(O)C[C@H](OC(=O)N2)[C@@H](C)C2O[C@]21C. The first-order valence-electron chi connectivity index (χ1n) is 28.2. The molecule has 4 bridgehead atoms. The highest BCUT2D eigenvalue weighted by Gasteiger charge is 2.64. The zero-order valence-electron chi connectivity index (χ0n) is 49.7. The van der Waals surface area contributed by atoms with Crippen LogP contribution in [0.25, 0.3) is 10.9 Å². The molecular weight excluding hydrogens is 1110 g/mol. The number of aryl methyl sites for hydroxylation is 1. The number of epoxide rings is 1. The lowest BCUT2D eigenvalue weighted by molar-refractivity contribution is -0.162. The van der Waals surface area contributed by atoms with E-state index in [0.717, 1.165) is 27.7 Å². The van der Waals surface area contributed by atoms with Gasteiger partial charge in [0.15, 0.2) is 5.72 Å². The van der Waals surface area contributed by atoms with Crippen molar-refractivity contribution in [2.45, 2.75) is 140 Å². The Labute approximate surface area is 495 Å². The number of fused-ring (bicyclic) bond motifs is 6. The smallest absolute Gasteiger partial charge is 0.409 e. The number of allylic oxidation sites excluding steroid dienone is 3. The van der Waals surface area contributed by atoms with Gasteiger partial charge >= 0.3 is 18.0 Å². The van der Waals surface area contributed by atoms with Gasteiger partial charge in [-0.1, -0.05) is 60.5 Å². The van der Waals surface area contributed by atoms with Gasteiger partial charge in [0, 0.05) is 77.7 Å². The van der Waals surface area contributed by atoms with E-state index in [2.05, 4.69) is 32.0 Å². The highest BCUT2D eigenvalue weighted by Crippen LogP contribution is 2.49. The number of aromatic nitrogens is 1.